The predicted molar refractivity (Wildman–Crippen MR) is 74.0 cm³/mol. The largest absolute Gasteiger partial charge is 0.379 e. The minimum absolute atomic E-state index is 0.120. The fraction of sp³-hybridized carbons (Fsp3) is 0.333. The molecule has 0 saturated heterocycles. The lowest BCUT2D eigenvalue weighted by atomic mass is 10.1. The van der Waals surface area contributed by atoms with Crippen LogP contribution < -0.4 is 5.32 Å². The molecule has 0 heterocycles. The number of carbonyl (C=O) groups is 1. The van der Waals surface area contributed by atoms with E-state index in [9.17, 15) is 9.90 Å². The number of anilines is 1. The number of amides is 1. The van der Waals surface area contributed by atoms with E-state index in [4.69, 9.17) is 16.9 Å². The number of hydrogen-bond acceptors (Lipinski definition) is 3. The van der Waals surface area contributed by atoms with Crippen molar-refractivity contribution in [3.63, 3.8) is 0 Å². The van der Waals surface area contributed by atoms with Crippen molar-refractivity contribution in [1.29, 1.82) is 5.26 Å². The molecule has 0 aliphatic rings. The molecule has 0 bridgehead atoms. The van der Waals surface area contributed by atoms with E-state index in [2.05, 4.69) is 21.2 Å². The molecular formula is C12H12BrClN2O2. The van der Waals surface area contributed by atoms with Crippen LogP contribution in [0.5, 0.6) is 0 Å². The molecule has 0 unspecified atom stereocenters. The summed E-state index contributed by atoms with van der Waals surface area (Å²) < 4.78 is 0. The number of alkyl halides is 1. The van der Waals surface area contributed by atoms with E-state index in [-0.39, 0.29) is 5.33 Å². The molecule has 1 aromatic rings. The molecule has 0 aliphatic carbocycles. The molecule has 18 heavy (non-hydrogen) atoms. The molecule has 1 aromatic carbocycles. The topological polar surface area (TPSA) is 73.1 Å². The lowest BCUT2D eigenvalue weighted by Crippen LogP contribution is -2.41. The quantitative estimate of drug-likeness (QED) is 0.836. The number of aliphatic hydroxyl groups is 1. The van der Waals surface area contributed by atoms with E-state index < -0.39 is 11.5 Å². The van der Waals surface area contributed by atoms with Gasteiger partial charge in [0.05, 0.1) is 10.6 Å². The summed E-state index contributed by atoms with van der Waals surface area (Å²) in [5.41, 5.74) is -0.0913. The Balaban J connectivity index is 3.05. The number of benzene rings is 1. The molecule has 1 atom stereocenters. The molecule has 6 heteroatoms. The number of nitrogens with one attached hydrogen (secondary N) is 1. The normalized spacial score (nSPS) is 13.6. The Bertz CT molecular complexity index is 524. The minimum Gasteiger partial charge on any atom is -0.379 e. The Morgan fingerprint density at radius 2 is 2.28 bits per heavy atom. The van der Waals surface area contributed by atoms with Crippen LogP contribution in [0.15, 0.2) is 12.1 Å². The first kappa shape index (κ1) is 15.0. The van der Waals surface area contributed by atoms with Crippen molar-refractivity contribution in [2.75, 3.05) is 10.6 Å². The maximum Gasteiger partial charge on any atom is 0.256 e. The van der Waals surface area contributed by atoms with Crippen LogP contribution in [0.1, 0.15) is 18.1 Å². The molecule has 0 spiro atoms. The lowest BCUT2D eigenvalue weighted by molar-refractivity contribution is -0.130. The highest BCUT2D eigenvalue weighted by Gasteiger charge is 2.29. The number of halogens is 2. The van der Waals surface area contributed by atoms with Crippen molar-refractivity contribution < 1.29 is 9.90 Å². The summed E-state index contributed by atoms with van der Waals surface area (Å²) in [5.74, 6) is -0.539. The van der Waals surface area contributed by atoms with Crippen molar-refractivity contribution in [3.05, 3.63) is 28.3 Å². The maximum atomic E-state index is 11.8. The molecule has 1 rings (SSSR count). The fourth-order valence-electron chi connectivity index (χ4n) is 1.22. The number of hydrogen-bond donors (Lipinski definition) is 2. The molecular weight excluding hydrogens is 320 g/mol. The summed E-state index contributed by atoms with van der Waals surface area (Å²) in [6.07, 6.45) is 0. The Kier molecular flexibility index (Phi) is 4.74. The molecule has 2 N–H and O–H groups in total. The van der Waals surface area contributed by atoms with Crippen molar-refractivity contribution in [2.45, 2.75) is 19.4 Å². The Labute approximate surface area is 119 Å². The van der Waals surface area contributed by atoms with E-state index in [1.54, 1.807) is 13.0 Å². The van der Waals surface area contributed by atoms with Gasteiger partial charge in [0.2, 0.25) is 0 Å². The third-order valence-corrected chi connectivity index (χ3v) is 4.08. The zero-order valence-electron chi connectivity index (χ0n) is 9.92. The molecule has 1 amide bonds. The fourth-order valence-corrected chi connectivity index (χ4v) is 1.69. The Morgan fingerprint density at radius 1 is 1.67 bits per heavy atom. The number of carbonyl (C=O) groups excluding carboxylic acids is 1. The Hall–Kier alpha value is -1.09. The number of nitrogens with zero attached hydrogens (tertiary/aromatic N) is 1. The van der Waals surface area contributed by atoms with E-state index in [1.807, 2.05) is 6.07 Å². The van der Waals surface area contributed by atoms with Crippen LogP contribution in [-0.2, 0) is 4.79 Å². The first-order valence-electron chi connectivity index (χ1n) is 5.12. The van der Waals surface area contributed by atoms with Gasteiger partial charge in [0, 0.05) is 11.0 Å². The van der Waals surface area contributed by atoms with Crippen LogP contribution in [0.3, 0.4) is 0 Å². The highest BCUT2D eigenvalue weighted by Crippen LogP contribution is 2.27. The molecule has 0 aromatic heterocycles. The predicted octanol–water partition coefficient (Wildman–Crippen LogP) is 2.60. The smallest absolute Gasteiger partial charge is 0.256 e. The summed E-state index contributed by atoms with van der Waals surface area (Å²) in [5, 5.41) is 21.6. The van der Waals surface area contributed by atoms with Gasteiger partial charge in [-0.15, -0.1) is 0 Å². The standard InChI is InChI=1S/C12H12BrClN2O2/c1-7-9(4-3-8(5-15)10(7)14)16-11(17)12(2,18)6-13/h3-4,18H,6H2,1-2H3,(H,16,17)/t12-/m0/s1. The van der Waals surface area contributed by atoms with E-state index in [0.717, 1.165) is 0 Å². The first-order valence-corrected chi connectivity index (χ1v) is 6.62. The molecule has 0 radical (unpaired) electrons. The third-order valence-electron chi connectivity index (χ3n) is 2.50. The van der Waals surface area contributed by atoms with Gasteiger partial charge in [0.15, 0.2) is 0 Å². The van der Waals surface area contributed by atoms with Crippen molar-refractivity contribution in [3.8, 4) is 6.07 Å². The van der Waals surface area contributed by atoms with Gasteiger partial charge < -0.3 is 10.4 Å². The molecule has 96 valence electrons. The van der Waals surface area contributed by atoms with Gasteiger partial charge in [-0.1, -0.05) is 27.5 Å². The summed E-state index contributed by atoms with van der Waals surface area (Å²) in [6.45, 7) is 3.10. The molecule has 0 fully saturated rings. The van der Waals surface area contributed by atoms with Crippen molar-refractivity contribution in [2.24, 2.45) is 0 Å². The van der Waals surface area contributed by atoms with Crippen LogP contribution in [0.4, 0.5) is 5.69 Å². The average Bonchev–Trinajstić information content (AvgIpc) is 2.35. The van der Waals surface area contributed by atoms with Gasteiger partial charge in [-0.25, -0.2) is 0 Å². The highest BCUT2D eigenvalue weighted by molar-refractivity contribution is 9.09. The van der Waals surface area contributed by atoms with Gasteiger partial charge in [0.1, 0.15) is 11.7 Å². The monoisotopic (exact) mass is 330 g/mol. The zero-order chi connectivity index (χ0) is 13.9. The van der Waals surface area contributed by atoms with Crippen LogP contribution >= 0.6 is 27.5 Å². The van der Waals surface area contributed by atoms with Gasteiger partial charge >= 0.3 is 0 Å². The second-order valence-corrected chi connectivity index (χ2v) is 5.01. The second kappa shape index (κ2) is 5.70. The van der Waals surface area contributed by atoms with Crippen molar-refractivity contribution >= 4 is 39.1 Å². The van der Waals surface area contributed by atoms with Crippen molar-refractivity contribution in [1.82, 2.24) is 0 Å². The van der Waals surface area contributed by atoms with Gasteiger partial charge in [-0.2, -0.15) is 5.26 Å². The lowest BCUT2D eigenvalue weighted by Gasteiger charge is -2.20. The van der Waals surface area contributed by atoms with Gasteiger partial charge in [-0.3, -0.25) is 4.79 Å². The number of nitriles is 1. The summed E-state index contributed by atoms with van der Waals surface area (Å²) in [7, 11) is 0. The van der Waals surface area contributed by atoms with E-state index >= 15 is 0 Å². The maximum absolute atomic E-state index is 11.8. The summed E-state index contributed by atoms with van der Waals surface area (Å²) in [6, 6.07) is 5.06. The van der Waals surface area contributed by atoms with E-state index in [1.165, 1.54) is 13.0 Å². The minimum atomic E-state index is -1.51. The Morgan fingerprint density at radius 3 is 2.78 bits per heavy atom. The highest BCUT2D eigenvalue weighted by atomic mass is 79.9. The summed E-state index contributed by atoms with van der Waals surface area (Å²) in [4.78, 5) is 11.8. The first-order chi connectivity index (χ1) is 8.33. The zero-order valence-corrected chi connectivity index (χ0v) is 12.3. The average molecular weight is 332 g/mol. The molecule has 0 aliphatic heterocycles. The summed E-state index contributed by atoms with van der Waals surface area (Å²) >= 11 is 9.05. The van der Waals surface area contributed by atoms with E-state index in [0.29, 0.717) is 21.8 Å². The van der Waals surface area contributed by atoms with Crippen LogP contribution in [-0.4, -0.2) is 21.9 Å². The number of rotatable bonds is 3. The van der Waals surface area contributed by atoms with Crippen LogP contribution in [0.25, 0.3) is 0 Å². The third kappa shape index (κ3) is 3.02. The second-order valence-electron chi connectivity index (χ2n) is 4.07. The van der Waals surface area contributed by atoms with Crippen LogP contribution in [0.2, 0.25) is 5.02 Å². The SMILES string of the molecule is Cc1c(NC(=O)[C@@](C)(O)CBr)ccc(C#N)c1Cl. The molecule has 4 nitrogen and oxygen atoms in total. The van der Waals surface area contributed by atoms with Gasteiger partial charge in [0.25, 0.3) is 5.91 Å². The van der Waals surface area contributed by atoms with Gasteiger partial charge in [-0.05, 0) is 31.5 Å². The molecule has 0 saturated carbocycles. The van der Waals surface area contributed by atoms with Crippen LogP contribution in [0, 0.1) is 18.3 Å².